The number of fused-ring (bicyclic) bond motifs is 7. The van der Waals surface area contributed by atoms with Crippen LogP contribution in [0.2, 0.25) is 0 Å². The maximum atomic E-state index is 9.86. The van der Waals surface area contributed by atoms with Gasteiger partial charge in [0.05, 0.1) is 16.5 Å². The zero-order valence-electron chi connectivity index (χ0n) is 33.0. The van der Waals surface area contributed by atoms with Crippen molar-refractivity contribution in [3.8, 4) is 45.3 Å². The molecule has 5 nitrogen and oxygen atoms in total. The summed E-state index contributed by atoms with van der Waals surface area (Å²) >= 11 is 0. The number of para-hydroxylation sites is 3. The van der Waals surface area contributed by atoms with Crippen LogP contribution < -0.4 is 0 Å². The first kappa shape index (κ1) is 19.8. The van der Waals surface area contributed by atoms with Gasteiger partial charge < -0.3 is 8.83 Å². The fraction of sp³-hybridized carbons (Fsp3) is 0. The molecule has 0 aliphatic heterocycles. The summed E-state index contributed by atoms with van der Waals surface area (Å²) in [4.78, 5) is 14.5. The summed E-state index contributed by atoms with van der Waals surface area (Å²) in [5.41, 5.74) is 3.19. The zero-order valence-corrected chi connectivity index (χ0v) is 25.0. The van der Waals surface area contributed by atoms with Gasteiger partial charge in [0.2, 0.25) is 0 Å². The number of aromatic nitrogens is 3. The van der Waals surface area contributed by atoms with Crippen LogP contribution in [-0.4, -0.2) is 15.0 Å². The summed E-state index contributed by atoms with van der Waals surface area (Å²) in [5, 5.41) is 4.40. The Morgan fingerprint density at radius 2 is 1.25 bits per heavy atom. The first-order valence-corrected chi connectivity index (χ1v) is 15.3. The monoisotopic (exact) mass is 623 g/mol. The van der Waals surface area contributed by atoms with E-state index in [1.165, 1.54) is 6.07 Å². The van der Waals surface area contributed by atoms with Gasteiger partial charge in [-0.1, -0.05) is 115 Å². The van der Waals surface area contributed by atoms with Crippen LogP contribution in [0.4, 0.5) is 0 Å². The number of rotatable bonds is 4. The summed E-state index contributed by atoms with van der Waals surface area (Å²) in [5.74, 6) is -0.193. The summed E-state index contributed by atoms with van der Waals surface area (Å²) in [7, 11) is 0. The van der Waals surface area contributed by atoms with Gasteiger partial charge in [-0.05, 0) is 58.2 Å². The van der Waals surface area contributed by atoms with Crippen molar-refractivity contribution in [3.05, 3.63) is 151 Å². The molecule has 0 saturated carbocycles. The SMILES string of the molecule is [2H]c1cc([2H])c2oc3cc(-c4ccc5ccccc5c4)c([2H])c(-c4nc(-c5c([2H])c([2H])c([2H])c([2H])c5[2H])nc(-c5cccc6c5oc5ccccc56)n4)c3c2c1. The van der Waals surface area contributed by atoms with E-state index in [9.17, 15) is 1.37 Å². The molecule has 0 N–H and O–H groups in total. The quantitative estimate of drug-likeness (QED) is 0.195. The van der Waals surface area contributed by atoms with Gasteiger partial charge in [-0.15, -0.1) is 0 Å². The number of hydrogen-bond donors (Lipinski definition) is 0. The third-order valence-electron chi connectivity index (χ3n) is 8.56. The van der Waals surface area contributed by atoms with Crippen LogP contribution >= 0.6 is 0 Å². The molecule has 10 rings (SSSR count). The van der Waals surface area contributed by atoms with Crippen LogP contribution in [0.3, 0.4) is 0 Å². The van der Waals surface area contributed by atoms with Gasteiger partial charge in [0.15, 0.2) is 17.5 Å². The third kappa shape index (κ3) is 4.22. The molecule has 224 valence electrons. The van der Waals surface area contributed by atoms with E-state index in [1.807, 2.05) is 78.9 Å². The van der Waals surface area contributed by atoms with Gasteiger partial charge in [0, 0.05) is 32.7 Å². The van der Waals surface area contributed by atoms with Crippen molar-refractivity contribution < 1.29 is 19.8 Å². The van der Waals surface area contributed by atoms with E-state index in [-0.39, 0.29) is 52.3 Å². The van der Waals surface area contributed by atoms with Crippen molar-refractivity contribution in [2.75, 3.05) is 0 Å². The van der Waals surface area contributed by atoms with Crippen LogP contribution in [0, 0.1) is 0 Å². The molecule has 3 aromatic heterocycles. The van der Waals surface area contributed by atoms with Crippen molar-refractivity contribution in [2.45, 2.75) is 0 Å². The van der Waals surface area contributed by atoms with E-state index in [0.717, 1.165) is 21.5 Å². The predicted octanol–water partition coefficient (Wildman–Crippen LogP) is 11.5. The van der Waals surface area contributed by atoms with Crippen LogP contribution in [-0.2, 0) is 0 Å². The Labute approximate surface area is 286 Å². The summed E-state index contributed by atoms with van der Waals surface area (Å²) < 4.78 is 82.6. The summed E-state index contributed by atoms with van der Waals surface area (Å²) in [6.07, 6.45) is 0. The molecule has 0 amide bonds. The van der Waals surface area contributed by atoms with Gasteiger partial charge in [0.25, 0.3) is 0 Å². The van der Waals surface area contributed by atoms with Crippen LogP contribution in [0.5, 0.6) is 0 Å². The predicted molar refractivity (Wildman–Crippen MR) is 194 cm³/mol. The number of benzene rings is 7. The highest BCUT2D eigenvalue weighted by atomic mass is 16.3. The molecular formula is C43H25N3O2. The average molecular weight is 624 g/mol. The normalized spacial score (nSPS) is 14.1. The molecule has 3 heterocycles. The minimum absolute atomic E-state index is 0.00324. The van der Waals surface area contributed by atoms with E-state index in [0.29, 0.717) is 44.2 Å². The molecule has 48 heavy (non-hydrogen) atoms. The van der Waals surface area contributed by atoms with E-state index in [1.54, 1.807) is 18.2 Å². The van der Waals surface area contributed by atoms with E-state index in [2.05, 4.69) is 0 Å². The van der Waals surface area contributed by atoms with Crippen molar-refractivity contribution >= 4 is 54.6 Å². The van der Waals surface area contributed by atoms with Gasteiger partial charge >= 0.3 is 0 Å². The minimum Gasteiger partial charge on any atom is -0.456 e. The van der Waals surface area contributed by atoms with Crippen LogP contribution in [0.15, 0.2) is 160 Å². The fourth-order valence-corrected chi connectivity index (χ4v) is 6.35. The second-order valence-corrected chi connectivity index (χ2v) is 11.4. The maximum Gasteiger partial charge on any atom is 0.167 e. The van der Waals surface area contributed by atoms with Crippen LogP contribution in [0.1, 0.15) is 11.0 Å². The molecule has 0 saturated heterocycles. The Bertz CT molecular complexity index is 3290. The van der Waals surface area contributed by atoms with Crippen molar-refractivity contribution in [1.29, 1.82) is 0 Å². The molecule has 7 aromatic carbocycles. The Morgan fingerprint density at radius 1 is 0.458 bits per heavy atom. The van der Waals surface area contributed by atoms with Gasteiger partial charge in [0.1, 0.15) is 22.3 Å². The Morgan fingerprint density at radius 3 is 2.17 bits per heavy atom. The first-order chi connectivity index (χ1) is 27.1. The average Bonchev–Trinajstić information content (AvgIpc) is 3.77. The lowest BCUT2D eigenvalue weighted by atomic mass is 9.96. The largest absolute Gasteiger partial charge is 0.456 e. The van der Waals surface area contributed by atoms with Crippen molar-refractivity contribution in [1.82, 2.24) is 15.0 Å². The zero-order chi connectivity index (χ0) is 38.6. The lowest BCUT2D eigenvalue weighted by Gasteiger charge is -2.11. The van der Waals surface area contributed by atoms with Gasteiger partial charge in [-0.25, -0.2) is 15.0 Å². The maximum absolute atomic E-state index is 9.86. The molecule has 0 fully saturated rings. The van der Waals surface area contributed by atoms with Crippen molar-refractivity contribution in [3.63, 3.8) is 0 Å². The molecular weight excluding hydrogens is 590 g/mol. The molecule has 10 aromatic rings. The lowest BCUT2D eigenvalue weighted by molar-refractivity contribution is 0.668. The van der Waals surface area contributed by atoms with E-state index in [4.69, 9.17) is 33.4 Å². The van der Waals surface area contributed by atoms with Crippen LogP contribution in [0.25, 0.3) is 99.9 Å². The standard InChI is InChI=1S/C43H25N3O2/c1-2-12-27(13-3-1)41-44-42(34-18-10-17-32-31-15-6-8-19-36(31)48-40(32)34)46-43(45-41)35-24-30(29-22-21-26-11-4-5-14-28(26)23-29)25-38-39(35)33-16-7-9-20-37(33)47-38/h1-25H/i1D,2D,3D,7D,12D,13D,20D,24D. The molecule has 0 spiro atoms. The second-order valence-electron chi connectivity index (χ2n) is 11.4. The molecule has 0 aliphatic carbocycles. The molecule has 0 atom stereocenters. The summed E-state index contributed by atoms with van der Waals surface area (Å²) in [6.45, 7) is 0. The second kappa shape index (κ2) is 10.5. The topological polar surface area (TPSA) is 65.0 Å². The van der Waals surface area contributed by atoms with Gasteiger partial charge in [-0.3, -0.25) is 0 Å². The highest BCUT2D eigenvalue weighted by molar-refractivity contribution is 6.13. The smallest absolute Gasteiger partial charge is 0.167 e. The van der Waals surface area contributed by atoms with Gasteiger partial charge in [-0.2, -0.15) is 0 Å². The lowest BCUT2D eigenvalue weighted by Crippen LogP contribution is -2.01. The summed E-state index contributed by atoms with van der Waals surface area (Å²) in [6, 6.07) is 28.8. The third-order valence-corrected chi connectivity index (χ3v) is 8.56. The number of nitrogens with zero attached hydrogens (tertiary/aromatic N) is 3. The Kier molecular flexibility index (Phi) is 4.32. The molecule has 0 unspecified atom stereocenters. The highest BCUT2D eigenvalue weighted by Gasteiger charge is 2.21. The Hall–Kier alpha value is -6.59. The first-order valence-electron chi connectivity index (χ1n) is 19.3. The van der Waals surface area contributed by atoms with E-state index < -0.39 is 30.2 Å². The molecule has 5 heteroatoms. The van der Waals surface area contributed by atoms with E-state index >= 15 is 0 Å². The van der Waals surface area contributed by atoms with Crippen molar-refractivity contribution in [2.24, 2.45) is 0 Å². The minimum atomic E-state index is -0.564. The molecule has 0 radical (unpaired) electrons. The highest BCUT2D eigenvalue weighted by Crippen LogP contribution is 2.41. The molecule has 0 bridgehead atoms. The number of hydrogen-bond acceptors (Lipinski definition) is 5. The molecule has 0 aliphatic rings. The fourth-order valence-electron chi connectivity index (χ4n) is 6.35. The number of furan rings is 2. The Balaban J connectivity index is 1.35.